The van der Waals surface area contributed by atoms with Crippen molar-refractivity contribution < 1.29 is 14.4 Å². The monoisotopic (exact) mass is 378 g/mol. The molecule has 5 N–H and O–H groups in total. The first-order valence-corrected chi connectivity index (χ1v) is 8.96. The lowest BCUT2D eigenvalue weighted by molar-refractivity contribution is -0.129. The van der Waals surface area contributed by atoms with E-state index in [0.29, 0.717) is 6.41 Å². The standard InChI is InChI=1S/C21H22N4O3/c22-20(27)18(10-14-6-2-1-3-7-14)25-21(28)19(24-13-26)11-15-12-23-17-9-5-4-8-16(15)17/h1-9,12-13,18-19,23H,10-11H2,(H2,22,27)(H,24,26)(H,25,28). The van der Waals surface area contributed by atoms with Gasteiger partial charge in [-0.1, -0.05) is 48.5 Å². The quantitative estimate of drug-likeness (QED) is 0.417. The summed E-state index contributed by atoms with van der Waals surface area (Å²) in [7, 11) is 0. The fourth-order valence-corrected chi connectivity index (χ4v) is 3.17. The number of nitrogens with one attached hydrogen (secondary N) is 3. The number of carbonyl (C=O) groups excluding carboxylic acids is 3. The number of hydrogen-bond acceptors (Lipinski definition) is 3. The van der Waals surface area contributed by atoms with Gasteiger partial charge < -0.3 is 21.4 Å². The number of para-hydroxylation sites is 1. The highest BCUT2D eigenvalue weighted by Gasteiger charge is 2.25. The summed E-state index contributed by atoms with van der Waals surface area (Å²) < 4.78 is 0. The van der Waals surface area contributed by atoms with Gasteiger partial charge in [0, 0.05) is 29.9 Å². The van der Waals surface area contributed by atoms with E-state index in [1.165, 1.54) is 0 Å². The first kappa shape index (κ1) is 19.2. The van der Waals surface area contributed by atoms with Crippen LogP contribution < -0.4 is 16.4 Å². The highest BCUT2D eigenvalue weighted by Crippen LogP contribution is 2.19. The lowest BCUT2D eigenvalue weighted by Gasteiger charge is -2.20. The van der Waals surface area contributed by atoms with Gasteiger partial charge in [-0.2, -0.15) is 0 Å². The summed E-state index contributed by atoms with van der Waals surface area (Å²) in [5.41, 5.74) is 8.19. The van der Waals surface area contributed by atoms with Gasteiger partial charge in [0.1, 0.15) is 12.1 Å². The van der Waals surface area contributed by atoms with Crippen molar-refractivity contribution in [3.8, 4) is 0 Å². The highest BCUT2D eigenvalue weighted by molar-refractivity contribution is 5.91. The Bertz CT molecular complexity index is 968. The molecule has 0 saturated heterocycles. The van der Waals surface area contributed by atoms with E-state index in [-0.39, 0.29) is 12.8 Å². The van der Waals surface area contributed by atoms with E-state index in [0.717, 1.165) is 22.0 Å². The van der Waals surface area contributed by atoms with Crippen molar-refractivity contribution in [2.24, 2.45) is 5.73 Å². The van der Waals surface area contributed by atoms with Gasteiger partial charge in [-0.05, 0) is 17.2 Å². The maximum absolute atomic E-state index is 12.8. The van der Waals surface area contributed by atoms with Crippen LogP contribution in [0.25, 0.3) is 10.9 Å². The third-order valence-electron chi connectivity index (χ3n) is 4.63. The molecule has 7 heteroatoms. The summed E-state index contributed by atoms with van der Waals surface area (Å²) in [6.45, 7) is 0. The van der Waals surface area contributed by atoms with Gasteiger partial charge in [-0.3, -0.25) is 14.4 Å². The smallest absolute Gasteiger partial charge is 0.243 e. The fraction of sp³-hybridized carbons (Fsp3) is 0.190. The molecule has 0 aliphatic carbocycles. The van der Waals surface area contributed by atoms with Gasteiger partial charge in [0.25, 0.3) is 0 Å². The zero-order chi connectivity index (χ0) is 19.9. The Morgan fingerprint density at radius 3 is 2.43 bits per heavy atom. The number of aromatic amines is 1. The van der Waals surface area contributed by atoms with E-state index in [4.69, 9.17) is 5.73 Å². The second kappa shape index (κ2) is 8.85. The molecule has 1 aromatic heterocycles. The number of benzene rings is 2. The maximum Gasteiger partial charge on any atom is 0.243 e. The highest BCUT2D eigenvalue weighted by atomic mass is 16.2. The molecule has 3 rings (SSSR count). The molecule has 0 aliphatic heterocycles. The van der Waals surface area contributed by atoms with Gasteiger partial charge in [-0.25, -0.2) is 0 Å². The molecular weight excluding hydrogens is 356 g/mol. The Morgan fingerprint density at radius 2 is 1.71 bits per heavy atom. The van der Waals surface area contributed by atoms with Crippen LogP contribution in [0.5, 0.6) is 0 Å². The minimum atomic E-state index is -0.867. The summed E-state index contributed by atoms with van der Waals surface area (Å²) >= 11 is 0. The third-order valence-corrected chi connectivity index (χ3v) is 4.63. The average molecular weight is 378 g/mol. The van der Waals surface area contributed by atoms with Gasteiger partial charge >= 0.3 is 0 Å². The minimum Gasteiger partial charge on any atom is -0.368 e. The molecule has 1 heterocycles. The number of H-pyrrole nitrogens is 1. The molecule has 0 aliphatic rings. The fourth-order valence-electron chi connectivity index (χ4n) is 3.17. The third kappa shape index (κ3) is 4.56. The van der Waals surface area contributed by atoms with Crippen molar-refractivity contribution in [2.75, 3.05) is 0 Å². The van der Waals surface area contributed by atoms with Crippen LogP contribution in [0.3, 0.4) is 0 Å². The van der Waals surface area contributed by atoms with Gasteiger partial charge in [0.15, 0.2) is 0 Å². The first-order chi connectivity index (χ1) is 13.6. The molecule has 0 saturated carbocycles. The van der Waals surface area contributed by atoms with Crippen LogP contribution in [-0.2, 0) is 27.2 Å². The number of carbonyl (C=O) groups is 3. The first-order valence-electron chi connectivity index (χ1n) is 8.96. The Labute approximate surface area is 162 Å². The number of hydrogen-bond donors (Lipinski definition) is 4. The van der Waals surface area contributed by atoms with Crippen molar-refractivity contribution >= 4 is 29.1 Å². The molecule has 0 bridgehead atoms. The molecule has 28 heavy (non-hydrogen) atoms. The molecular formula is C21H22N4O3. The van der Waals surface area contributed by atoms with Crippen molar-refractivity contribution in [3.05, 3.63) is 71.9 Å². The number of aromatic nitrogens is 1. The van der Waals surface area contributed by atoms with Crippen LogP contribution in [0.2, 0.25) is 0 Å². The summed E-state index contributed by atoms with van der Waals surface area (Å²) in [5, 5.41) is 6.18. The number of primary amides is 1. The van der Waals surface area contributed by atoms with Crippen LogP contribution in [0, 0.1) is 0 Å². The molecule has 0 spiro atoms. The van der Waals surface area contributed by atoms with Crippen molar-refractivity contribution in [1.82, 2.24) is 15.6 Å². The average Bonchev–Trinajstić information content (AvgIpc) is 3.11. The molecule has 2 aromatic carbocycles. The number of nitrogens with two attached hydrogens (primary N) is 1. The Balaban J connectivity index is 1.74. The van der Waals surface area contributed by atoms with E-state index in [9.17, 15) is 14.4 Å². The predicted octanol–water partition coefficient (Wildman–Crippen LogP) is 1.04. The Hall–Kier alpha value is -3.61. The number of rotatable bonds is 9. The Morgan fingerprint density at radius 1 is 1.00 bits per heavy atom. The summed E-state index contributed by atoms with van der Waals surface area (Å²) in [6, 6.07) is 15.3. The summed E-state index contributed by atoms with van der Waals surface area (Å²) in [5.74, 6) is -1.09. The topological polar surface area (TPSA) is 117 Å². The molecule has 3 amide bonds. The molecule has 3 aromatic rings. The SMILES string of the molecule is NC(=O)C(Cc1ccccc1)NC(=O)C(Cc1c[nH]c2ccccc12)NC=O. The van der Waals surface area contributed by atoms with Crippen LogP contribution in [0.15, 0.2) is 60.8 Å². The summed E-state index contributed by atoms with van der Waals surface area (Å²) in [6.07, 6.45) is 2.86. The zero-order valence-corrected chi connectivity index (χ0v) is 15.2. The lowest BCUT2D eigenvalue weighted by Crippen LogP contribution is -2.53. The predicted molar refractivity (Wildman–Crippen MR) is 106 cm³/mol. The maximum atomic E-state index is 12.8. The van der Waals surface area contributed by atoms with Crippen molar-refractivity contribution in [1.29, 1.82) is 0 Å². The minimum absolute atomic E-state index is 0.281. The van der Waals surface area contributed by atoms with Crippen molar-refractivity contribution in [2.45, 2.75) is 24.9 Å². The largest absolute Gasteiger partial charge is 0.368 e. The van der Waals surface area contributed by atoms with Crippen LogP contribution >= 0.6 is 0 Å². The van der Waals surface area contributed by atoms with Crippen LogP contribution in [0.1, 0.15) is 11.1 Å². The van der Waals surface area contributed by atoms with Gasteiger partial charge in [0.2, 0.25) is 18.2 Å². The van der Waals surface area contributed by atoms with E-state index < -0.39 is 23.9 Å². The second-order valence-electron chi connectivity index (χ2n) is 6.55. The lowest BCUT2D eigenvalue weighted by atomic mass is 10.0. The molecule has 0 fully saturated rings. The molecule has 7 nitrogen and oxygen atoms in total. The second-order valence-corrected chi connectivity index (χ2v) is 6.55. The molecule has 2 atom stereocenters. The summed E-state index contributed by atoms with van der Waals surface area (Å²) in [4.78, 5) is 38.8. The van der Waals surface area contributed by atoms with Gasteiger partial charge in [0.05, 0.1) is 0 Å². The molecule has 144 valence electrons. The van der Waals surface area contributed by atoms with E-state index in [2.05, 4.69) is 15.6 Å². The van der Waals surface area contributed by atoms with E-state index >= 15 is 0 Å². The number of amides is 3. The van der Waals surface area contributed by atoms with E-state index in [1.807, 2.05) is 60.8 Å². The Kier molecular flexibility index (Phi) is 6.06. The molecule has 0 radical (unpaired) electrons. The van der Waals surface area contributed by atoms with Gasteiger partial charge in [-0.15, -0.1) is 0 Å². The van der Waals surface area contributed by atoms with Crippen LogP contribution in [-0.4, -0.2) is 35.3 Å². The number of fused-ring (bicyclic) bond motifs is 1. The van der Waals surface area contributed by atoms with Crippen molar-refractivity contribution in [3.63, 3.8) is 0 Å². The molecule has 2 unspecified atom stereocenters. The zero-order valence-electron chi connectivity index (χ0n) is 15.2. The van der Waals surface area contributed by atoms with Crippen LogP contribution in [0.4, 0.5) is 0 Å². The normalized spacial score (nSPS) is 12.9. The van der Waals surface area contributed by atoms with E-state index in [1.54, 1.807) is 0 Å².